The molecule has 138 valence electrons. The van der Waals surface area contributed by atoms with Gasteiger partial charge in [0.05, 0.1) is 6.61 Å². The average Bonchev–Trinajstić information content (AvgIpc) is 2.61. The molecule has 8 heteroatoms. The molecule has 1 aromatic rings. The van der Waals surface area contributed by atoms with Gasteiger partial charge in [0.1, 0.15) is 5.69 Å². The summed E-state index contributed by atoms with van der Waals surface area (Å²) >= 11 is 0. The molecule has 1 fully saturated rings. The Morgan fingerprint density at radius 1 is 1.36 bits per heavy atom. The highest BCUT2D eigenvalue weighted by molar-refractivity contribution is 5.92. The Balaban J connectivity index is 1.84. The summed E-state index contributed by atoms with van der Waals surface area (Å²) in [6.45, 7) is 8.24. The van der Waals surface area contributed by atoms with Gasteiger partial charge >= 0.3 is 6.09 Å². The van der Waals surface area contributed by atoms with E-state index in [9.17, 15) is 9.59 Å². The van der Waals surface area contributed by atoms with Crippen molar-refractivity contribution in [1.82, 2.24) is 20.2 Å². The number of rotatable bonds is 6. The predicted octanol–water partition coefficient (Wildman–Crippen LogP) is 1.90. The third-order valence-electron chi connectivity index (χ3n) is 3.91. The van der Waals surface area contributed by atoms with Crippen LogP contribution in [0.15, 0.2) is 12.3 Å². The van der Waals surface area contributed by atoms with E-state index < -0.39 is 0 Å². The molecule has 1 saturated heterocycles. The zero-order valence-electron chi connectivity index (χ0n) is 15.1. The Kier molecular flexibility index (Phi) is 6.97. The fraction of sp³-hybridized carbons (Fsp3) is 0.647. The van der Waals surface area contributed by atoms with Gasteiger partial charge in [0.2, 0.25) is 5.95 Å². The Bertz CT molecular complexity index is 585. The molecule has 0 aromatic carbocycles. The molecule has 0 unspecified atom stereocenters. The normalized spacial score (nSPS) is 15.1. The van der Waals surface area contributed by atoms with Crippen LogP contribution < -0.4 is 10.6 Å². The van der Waals surface area contributed by atoms with E-state index in [2.05, 4.69) is 34.4 Å². The molecule has 2 amide bonds. The summed E-state index contributed by atoms with van der Waals surface area (Å²) in [6, 6.07) is 1.63. The molecule has 1 aliphatic heterocycles. The maximum Gasteiger partial charge on any atom is 0.409 e. The van der Waals surface area contributed by atoms with Gasteiger partial charge in [-0.1, -0.05) is 13.8 Å². The quantitative estimate of drug-likeness (QED) is 0.814. The highest BCUT2D eigenvalue weighted by atomic mass is 16.6. The van der Waals surface area contributed by atoms with Gasteiger partial charge in [0, 0.05) is 31.9 Å². The summed E-state index contributed by atoms with van der Waals surface area (Å²) in [5.74, 6) is 0.703. The summed E-state index contributed by atoms with van der Waals surface area (Å²) in [5, 5.41) is 6.10. The van der Waals surface area contributed by atoms with Crippen molar-refractivity contribution in [3.8, 4) is 0 Å². The first-order chi connectivity index (χ1) is 12.0. The Hall–Kier alpha value is -2.38. The van der Waals surface area contributed by atoms with Gasteiger partial charge in [-0.3, -0.25) is 4.79 Å². The molecule has 2 heterocycles. The van der Waals surface area contributed by atoms with Crippen molar-refractivity contribution < 1.29 is 14.3 Å². The SMILES string of the molecule is CCOC(=O)N1CCC(NC(=O)c2ccnc(NCC(C)C)n2)CC1. The minimum absolute atomic E-state index is 0.0280. The van der Waals surface area contributed by atoms with Crippen LogP contribution in [0, 0.1) is 5.92 Å². The monoisotopic (exact) mass is 349 g/mol. The fourth-order valence-corrected chi connectivity index (χ4v) is 2.55. The predicted molar refractivity (Wildman–Crippen MR) is 94.4 cm³/mol. The van der Waals surface area contributed by atoms with Crippen molar-refractivity contribution >= 4 is 17.9 Å². The van der Waals surface area contributed by atoms with E-state index in [1.807, 2.05) is 0 Å². The van der Waals surface area contributed by atoms with Gasteiger partial charge in [0.15, 0.2) is 0 Å². The van der Waals surface area contributed by atoms with Crippen LogP contribution in [-0.4, -0.2) is 59.2 Å². The van der Waals surface area contributed by atoms with Crippen molar-refractivity contribution in [1.29, 1.82) is 0 Å². The minimum atomic E-state index is -0.288. The number of likely N-dealkylation sites (tertiary alicyclic amines) is 1. The Labute approximate surface area is 148 Å². The highest BCUT2D eigenvalue weighted by Crippen LogP contribution is 2.12. The number of anilines is 1. The van der Waals surface area contributed by atoms with Crippen molar-refractivity contribution in [2.45, 2.75) is 39.7 Å². The number of nitrogens with one attached hydrogen (secondary N) is 2. The number of hydrogen-bond acceptors (Lipinski definition) is 6. The molecule has 1 aliphatic rings. The molecule has 2 rings (SSSR count). The molecule has 8 nitrogen and oxygen atoms in total. The zero-order valence-corrected chi connectivity index (χ0v) is 15.1. The molecule has 0 atom stereocenters. The van der Waals surface area contributed by atoms with Crippen LogP contribution in [0.25, 0.3) is 0 Å². The lowest BCUT2D eigenvalue weighted by molar-refractivity contribution is 0.0856. The number of carbonyl (C=O) groups excluding carboxylic acids is 2. The van der Waals surface area contributed by atoms with Crippen LogP contribution in [0.4, 0.5) is 10.7 Å². The summed E-state index contributed by atoms with van der Waals surface area (Å²) in [4.78, 5) is 34.1. The Morgan fingerprint density at radius 3 is 2.72 bits per heavy atom. The van der Waals surface area contributed by atoms with Crippen LogP contribution >= 0.6 is 0 Å². The lowest BCUT2D eigenvalue weighted by Gasteiger charge is -2.31. The van der Waals surface area contributed by atoms with Gasteiger partial charge in [-0.25, -0.2) is 14.8 Å². The van der Waals surface area contributed by atoms with Crippen LogP contribution in [0.5, 0.6) is 0 Å². The molecule has 25 heavy (non-hydrogen) atoms. The highest BCUT2D eigenvalue weighted by Gasteiger charge is 2.25. The summed E-state index contributed by atoms with van der Waals surface area (Å²) in [6.07, 6.45) is 2.69. The molecule has 2 N–H and O–H groups in total. The maximum absolute atomic E-state index is 12.4. The standard InChI is InChI=1S/C17H27N5O3/c1-4-25-17(24)22-9-6-13(7-10-22)20-15(23)14-5-8-18-16(21-14)19-11-12(2)3/h5,8,12-13H,4,6-7,9-11H2,1-3H3,(H,20,23)(H,18,19,21). The second-order valence-corrected chi connectivity index (χ2v) is 6.47. The number of nitrogens with zero attached hydrogens (tertiary/aromatic N) is 3. The first-order valence-corrected chi connectivity index (χ1v) is 8.79. The molecule has 0 bridgehead atoms. The lowest BCUT2D eigenvalue weighted by atomic mass is 10.1. The lowest BCUT2D eigenvalue weighted by Crippen LogP contribution is -2.46. The van der Waals surface area contributed by atoms with E-state index in [0.29, 0.717) is 50.1 Å². The maximum atomic E-state index is 12.4. The van der Waals surface area contributed by atoms with E-state index >= 15 is 0 Å². The molecule has 0 aliphatic carbocycles. The first-order valence-electron chi connectivity index (χ1n) is 8.79. The van der Waals surface area contributed by atoms with Crippen molar-refractivity contribution in [3.05, 3.63) is 18.0 Å². The van der Waals surface area contributed by atoms with E-state index in [1.54, 1.807) is 24.1 Å². The summed E-state index contributed by atoms with van der Waals surface area (Å²) in [7, 11) is 0. The van der Waals surface area contributed by atoms with Crippen LogP contribution in [0.2, 0.25) is 0 Å². The van der Waals surface area contributed by atoms with E-state index in [0.717, 1.165) is 6.54 Å². The molecule has 0 radical (unpaired) electrons. The molecule has 0 saturated carbocycles. The first kappa shape index (κ1) is 19.0. The largest absolute Gasteiger partial charge is 0.450 e. The minimum Gasteiger partial charge on any atom is -0.450 e. The van der Waals surface area contributed by atoms with Crippen molar-refractivity contribution in [2.75, 3.05) is 31.6 Å². The number of aromatic nitrogens is 2. The molecule has 1 aromatic heterocycles. The topological polar surface area (TPSA) is 96.5 Å². The van der Waals surface area contributed by atoms with Gasteiger partial charge in [-0.05, 0) is 31.7 Å². The smallest absolute Gasteiger partial charge is 0.409 e. The molecule has 0 spiro atoms. The molecular weight excluding hydrogens is 322 g/mol. The van der Waals surface area contributed by atoms with Crippen molar-refractivity contribution in [3.63, 3.8) is 0 Å². The van der Waals surface area contributed by atoms with Gasteiger partial charge in [-0.15, -0.1) is 0 Å². The molecular formula is C17H27N5O3. The Morgan fingerprint density at radius 2 is 2.08 bits per heavy atom. The summed E-state index contributed by atoms with van der Waals surface area (Å²) < 4.78 is 5.00. The second kappa shape index (κ2) is 9.19. The zero-order chi connectivity index (χ0) is 18.2. The van der Waals surface area contributed by atoms with Crippen molar-refractivity contribution in [2.24, 2.45) is 5.92 Å². The van der Waals surface area contributed by atoms with Crippen LogP contribution in [0.3, 0.4) is 0 Å². The van der Waals surface area contributed by atoms with Crippen LogP contribution in [-0.2, 0) is 4.74 Å². The average molecular weight is 349 g/mol. The van der Waals surface area contributed by atoms with E-state index in [1.165, 1.54) is 0 Å². The fourth-order valence-electron chi connectivity index (χ4n) is 2.55. The third-order valence-corrected chi connectivity index (χ3v) is 3.91. The number of hydrogen-bond donors (Lipinski definition) is 2. The summed E-state index contributed by atoms with van der Waals surface area (Å²) in [5.41, 5.74) is 0.342. The van der Waals surface area contributed by atoms with Gasteiger partial charge in [0.25, 0.3) is 5.91 Å². The second-order valence-electron chi connectivity index (χ2n) is 6.47. The number of amides is 2. The van der Waals surface area contributed by atoms with Crippen LogP contribution in [0.1, 0.15) is 44.1 Å². The number of ether oxygens (including phenoxy) is 1. The number of piperidine rings is 1. The van der Waals surface area contributed by atoms with Gasteiger partial charge < -0.3 is 20.3 Å². The van der Waals surface area contributed by atoms with E-state index in [4.69, 9.17) is 4.74 Å². The van der Waals surface area contributed by atoms with E-state index in [-0.39, 0.29) is 18.0 Å². The van der Waals surface area contributed by atoms with Gasteiger partial charge in [-0.2, -0.15) is 0 Å². The third kappa shape index (κ3) is 5.88. The number of carbonyl (C=O) groups is 2.